The summed E-state index contributed by atoms with van der Waals surface area (Å²) in [5.41, 5.74) is 2.90. The third-order valence-corrected chi connectivity index (χ3v) is 3.68. The minimum absolute atomic E-state index is 0.0577. The van der Waals surface area contributed by atoms with Gasteiger partial charge in [-0.25, -0.2) is 0 Å². The van der Waals surface area contributed by atoms with Crippen LogP contribution in [0.5, 0.6) is 5.75 Å². The van der Waals surface area contributed by atoms with Gasteiger partial charge in [-0.15, -0.1) is 0 Å². The summed E-state index contributed by atoms with van der Waals surface area (Å²) in [5, 5.41) is 9.23. The second-order valence-electron chi connectivity index (χ2n) is 4.72. The Labute approximate surface area is 115 Å². The largest absolute Gasteiger partial charge is 0.496 e. The quantitative estimate of drug-likeness (QED) is 0.888. The first-order chi connectivity index (χ1) is 8.97. The molecule has 0 saturated heterocycles. The number of rotatable bonds is 5. The lowest BCUT2D eigenvalue weighted by Crippen LogP contribution is -2.34. The predicted octanol–water partition coefficient (Wildman–Crippen LogP) is 2.29. The normalized spacial score (nSPS) is 12.1. The van der Waals surface area contributed by atoms with Crippen molar-refractivity contribution in [2.75, 3.05) is 25.7 Å². The Kier molecular flexibility index (Phi) is 5.36. The third-order valence-electron chi connectivity index (χ3n) is 3.68. The summed E-state index contributed by atoms with van der Waals surface area (Å²) in [6, 6.07) is 3.74. The highest BCUT2D eigenvalue weighted by Crippen LogP contribution is 2.30. The number of aliphatic hydroxyl groups excluding tert-OH is 1. The van der Waals surface area contributed by atoms with Crippen molar-refractivity contribution in [2.24, 2.45) is 5.92 Å². The number of carbonyl (C=O) groups excluding carboxylic acids is 1. The molecule has 0 radical (unpaired) electrons. The Morgan fingerprint density at radius 1 is 1.37 bits per heavy atom. The Bertz CT molecular complexity index is 453. The number of nitrogens with zero attached hydrogens (tertiary/aromatic N) is 1. The Morgan fingerprint density at radius 2 is 2.00 bits per heavy atom. The van der Waals surface area contributed by atoms with Crippen LogP contribution < -0.4 is 9.64 Å². The van der Waals surface area contributed by atoms with Crippen LogP contribution >= 0.6 is 0 Å². The Morgan fingerprint density at radius 3 is 2.47 bits per heavy atom. The lowest BCUT2D eigenvalue weighted by molar-refractivity contribution is -0.123. The Hall–Kier alpha value is -1.55. The molecule has 0 saturated carbocycles. The predicted molar refractivity (Wildman–Crippen MR) is 76.7 cm³/mol. The van der Waals surface area contributed by atoms with E-state index in [0.29, 0.717) is 6.42 Å². The van der Waals surface area contributed by atoms with Crippen molar-refractivity contribution in [3.8, 4) is 5.75 Å². The Balaban J connectivity index is 3.10. The topological polar surface area (TPSA) is 49.8 Å². The number of methoxy groups -OCH3 is 1. The molecule has 0 spiro atoms. The highest BCUT2D eigenvalue weighted by Gasteiger charge is 2.22. The van der Waals surface area contributed by atoms with E-state index in [2.05, 4.69) is 0 Å². The van der Waals surface area contributed by atoms with Crippen LogP contribution in [0, 0.1) is 19.8 Å². The van der Waals surface area contributed by atoms with Crippen molar-refractivity contribution in [3.63, 3.8) is 0 Å². The summed E-state index contributed by atoms with van der Waals surface area (Å²) >= 11 is 0. The van der Waals surface area contributed by atoms with Gasteiger partial charge < -0.3 is 14.7 Å². The third kappa shape index (κ3) is 3.07. The van der Waals surface area contributed by atoms with Gasteiger partial charge in [-0.3, -0.25) is 4.79 Å². The molecule has 1 aromatic rings. The number of benzene rings is 1. The van der Waals surface area contributed by atoms with E-state index in [9.17, 15) is 9.90 Å². The highest BCUT2D eigenvalue weighted by molar-refractivity contribution is 5.95. The molecular weight excluding hydrogens is 242 g/mol. The van der Waals surface area contributed by atoms with Gasteiger partial charge in [0.05, 0.1) is 19.6 Å². The van der Waals surface area contributed by atoms with Gasteiger partial charge in [-0.1, -0.05) is 6.92 Å². The first kappa shape index (κ1) is 15.5. The number of carbonyl (C=O) groups is 1. The maximum atomic E-state index is 12.3. The fraction of sp³-hybridized carbons (Fsp3) is 0.533. The molecule has 0 bridgehead atoms. The van der Waals surface area contributed by atoms with E-state index in [1.54, 1.807) is 19.1 Å². The lowest BCUT2D eigenvalue weighted by Gasteiger charge is -2.25. The van der Waals surface area contributed by atoms with E-state index in [-0.39, 0.29) is 18.4 Å². The molecule has 1 unspecified atom stereocenters. The average Bonchev–Trinajstić information content (AvgIpc) is 2.42. The number of anilines is 1. The van der Waals surface area contributed by atoms with E-state index in [1.165, 1.54) is 0 Å². The molecule has 0 aromatic heterocycles. The van der Waals surface area contributed by atoms with Crippen LogP contribution in [0.1, 0.15) is 24.5 Å². The molecule has 0 fully saturated rings. The van der Waals surface area contributed by atoms with Crippen molar-refractivity contribution in [1.82, 2.24) is 0 Å². The van der Waals surface area contributed by atoms with Crippen LogP contribution in [0.15, 0.2) is 12.1 Å². The maximum absolute atomic E-state index is 12.3. The van der Waals surface area contributed by atoms with Crippen LogP contribution in [0.4, 0.5) is 5.69 Å². The summed E-state index contributed by atoms with van der Waals surface area (Å²) in [6.45, 7) is 5.73. The minimum atomic E-state index is -0.341. The molecule has 1 rings (SSSR count). The second kappa shape index (κ2) is 6.57. The van der Waals surface area contributed by atoms with Crippen LogP contribution in [0.2, 0.25) is 0 Å². The number of ether oxygens (including phenoxy) is 1. The second-order valence-corrected chi connectivity index (χ2v) is 4.72. The molecule has 19 heavy (non-hydrogen) atoms. The van der Waals surface area contributed by atoms with Gasteiger partial charge in [-0.2, -0.15) is 0 Å². The van der Waals surface area contributed by atoms with Crippen LogP contribution in [-0.2, 0) is 4.79 Å². The van der Waals surface area contributed by atoms with E-state index < -0.39 is 0 Å². The van der Waals surface area contributed by atoms with E-state index in [4.69, 9.17) is 4.74 Å². The van der Waals surface area contributed by atoms with Gasteiger partial charge in [0.1, 0.15) is 5.75 Å². The van der Waals surface area contributed by atoms with E-state index >= 15 is 0 Å². The number of hydrogen-bond donors (Lipinski definition) is 1. The zero-order valence-electron chi connectivity index (χ0n) is 12.4. The first-order valence-corrected chi connectivity index (χ1v) is 6.50. The van der Waals surface area contributed by atoms with E-state index in [1.807, 2.05) is 32.9 Å². The van der Waals surface area contributed by atoms with E-state index in [0.717, 1.165) is 22.6 Å². The van der Waals surface area contributed by atoms with Gasteiger partial charge in [0.2, 0.25) is 5.91 Å². The molecule has 0 aliphatic rings. The van der Waals surface area contributed by atoms with Gasteiger partial charge >= 0.3 is 0 Å². The molecule has 106 valence electrons. The first-order valence-electron chi connectivity index (χ1n) is 6.50. The highest BCUT2D eigenvalue weighted by atomic mass is 16.5. The summed E-state index contributed by atoms with van der Waals surface area (Å²) in [5.74, 6) is 0.417. The minimum Gasteiger partial charge on any atom is -0.496 e. The SMILES string of the molecule is CCC(CO)C(=O)N(C)c1ccc(OC)c(C)c1C. The molecule has 4 nitrogen and oxygen atoms in total. The van der Waals surface area contributed by atoms with Gasteiger partial charge in [0.15, 0.2) is 0 Å². The number of aliphatic hydroxyl groups is 1. The summed E-state index contributed by atoms with van der Waals surface area (Å²) in [6.07, 6.45) is 0.633. The fourth-order valence-electron chi connectivity index (χ4n) is 2.14. The van der Waals surface area contributed by atoms with Crippen LogP contribution in [-0.4, -0.2) is 31.8 Å². The molecule has 4 heteroatoms. The van der Waals surface area contributed by atoms with Gasteiger partial charge in [0, 0.05) is 12.7 Å². The van der Waals surface area contributed by atoms with Gasteiger partial charge in [-0.05, 0) is 43.5 Å². The maximum Gasteiger partial charge on any atom is 0.232 e. The molecular formula is C15H23NO3. The average molecular weight is 265 g/mol. The van der Waals surface area contributed by atoms with Crippen molar-refractivity contribution >= 4 is 11.6 Å². The van der Waals surface area contributed by atoms with Crippen molar-refractivity contribution in [1.29, 1.82) is 0 Å². The summed E-state index contributed by atoms with van der Waals surface area (Å²) < 4.78 is 5.27. The lowest BCUT2D eigenvalue weighted by atomic mass is 10.0. The molecule has 0 heterocycles. The van der Waals surface area contributed by atoms with Crippen LogP contribution in [0.25, 0.3) is 0 Å². The van der Waals surface area contributed by atoms with Gasteiger partial charge in [0.25, 0.3) is 0 Å². The number of hydrogen-bond acceptors (Lipinski definition) is 3. The zero-order valence-corrected chi connectivity index (χ0v) is 12.4. The fourth-order valence-corrected chi connectivity index (χ4v) is 2.14. The molecule has 0 aliphatic heterocycles. The monoisotopic (exact) mass is 265 g/mol. The molecule has 1 aromatic carbocycles. The van der Waals surface area contributed by atoms with Crippen LogP contribution in [0.3, 0.4) is 0 Å². The summed E-state index contributed by atoms with van der Waals surface area (Å²) in [7, 11) is 3.38. The molecule has 0 aliphatic carbocycles. The standard InChI is InChI=1S/C15H23NO3/c1-6-12(9-17)15(18)16(4)13-7-8-14(19-5)11(3)10(13)2/h7-8,12,17H,6,9H2,1-5H3. The smallest absolute Gasteiger partial charge is 0.232 e. The van der Waals surface area contributed by atoms with Crippen molar-refractivity contribution in [2.45, 2.75) is 27.2 Å². The van der Waals surface area contributed by atoms with Crippen molar-refractivity contribution in [3.05, 3.63) is 23.3 Å². The molecule has 1 atom stereocenters. The zero-order chi connectivity index (χ0) is 14.6. The molecule has 1 amide bonds. The number of amides is 1. The van der Waals surface area contributed by atoms with Crippen molar-refractivity contribution < 1.29 is 14.6 Å². The summed E-state index contributed by atoms with van der Waals surface area (Å²) in [4.78, 5) is 13.9. The molecule has 1 N–H and O–H groups in total.